The number of anilines is 2. The van der Waals surface area contributed by atoms with Crippen molar-refractivity contribution in [2.45, 2.75) is 71.8 Å². The Hall–Kier alpha value is -3.19. The molecule has 1 heterocycles. The molecule has 0 bridgehead atoms. The molecule has 0 saturated carbocycles. The van der Waals surface area contributed by atoms with Crippen LogP contribution in [0.25, 0.3) is 11.5 Å². The van der Waals surface area contributed by atoms with E-state index in [1.807, 2.05) is 32.0 Å². The van der Waals surface area contributed by atoms with Crippen molar-refractivity contribution in [3.8, 4) is 17.5 Å². The molecule has 0 fully saturated rings. The number of halogens is 1. The molecule has 3 aromatic rings. The molecule has 0 saturated heterocycles. The van der Waals surface area contributed by atoms with Gasteiger partial charge in [0.1, 0.15) is 6.07 Å². The average molecular weight is 540 g/mol. The maximum absolute atomic E-state index is 11.3. The van der Waals surface area contributed by atoms with Crippen LogP contribution in [0.2, 0.25) is 23.2 Å². The number of nitrogens with zero attached hydrogens (tertiary/aromatic N) is 3. The van der Waals surface area contributed by atoms with Crippen molar-refractivity contribution < 1.29 is 13.6 Å². The summed E-state index contributed by atoms with van der Waals surface area (Å²) in [6.07, 6.45) is 0.486. The summed E-state index contributed by atoms with van der Waals surface area (Å²) in [5.74, 6) is 0.477. The molecule has 0 spiro atoms. The van der Waals surface area contributed by atoms with Crippen LogP contribution in [0.1, 0.15) is 58.1 Å². The van der Waals surface area contributed by atoms with E-state index in [4.69, 9.17) is 20.4 Å². The Morgan fingerprint density at radius 1 is 1.16 bits per heavy atom. The van der Waals surface area contributed by atoms with Gasteiger partial charge in [0.15, 0.2) is 8.32 Å². The number of carbonyl (C=O) groups excluding carboxylic acids is 1. The van der Waals surface area contributed by atoms with E-state index in [-0.39, 0.29) is 10.9 Å². The van der Waals surface area contributed by atoms with Gasteiger partial charge in [0.2, 0.25) is 17.5 Å². The van der Waals surface area contributed by atoms with Crippen LogP contribution in [0.4, 0.5) is 11.4 Å². The van der Waals surface area contributed by atoms with Gasteiger partial charge in [-0.3, -0.25) is 4.79 Å². The summed E-state index contributed by atoms with van der Waals surface area (Å²) in [6.45, 7) is 16.1. The molecule has 1 aromatic heterocycles. The summed E-state index contributed by atoms with van der Waals surface area (Å²) < 4.78 is 13.2. The molecule has 0 aliphatic rings. The van der Waals surface area contributed by atoms with E-state index in [1.54, 1.807) is 18.2 Å². The Morgan fingerprint density at radius 2 is 1.81 bits per heavy atom. The zero-order valence-corrected chi connectivity index (χ0v) is 24.4. The van der Waals surface area contributed by atoms with Crippen LogP contribution in [0.5, 0.6) is 0 Å². The monoisotopic (exact) mass is 539 g/mol. The van der Waals surface area contributed by atoms with Gasteiger partial charge in [-0.15, -0.1) is 10.2 Å². The lowest BCUT2D eigenvalue weighted by molar-refractivity contribution is -0.114. The molecule has 196 valence electrons. The van der Waals surface area contributed by atoms with E-state index >= 15 is 0 Å². The van der Waals surface area contributed by atoms with Crippen LogP contribution in [-0.2, 0) is 14.9 Å². The summed E-state index contributed by atoms with van der Waals surface area (Å²) in [6, 6.07) is 12.8. The fourth-order valence-corrected chi connectivity index (χ4v) is 5.22. The number of hydrogen-bond acceptors (Lipinski definition) is 7. The van der Waals surface area contributed by atoms with E-state index in [0.29, 0.717) is 45.7 Å². The number of nitrogens with one attached hydrogen (secondary N) is 2. The summed E-state index contributed by atoms with van der Waals surface area (Å²) >= 11 is 6.48. The topological polar surface area (TPSA) is 113 Å². The van der Waals surface area contributed by atoms with Gasteiger partial charge in [-0.1, -0.05) is 39.3 Å². The highest BCUT2D eigenvalue weighted by Crippen LogP contribution is 2.44. The number of rotatable bonds is 8. The quantitative estimate of drug-likeness (QED) is 0.229. The molecular weight excluding hydrogens is 506 g/mol. The first kappa shape index (κ1) is 28.4. The molecule has 37 heavy (non-hydrogen) atoms. The molecule has 0 aliphatic carbocycles. The van der Waals surface area contributed by atoms with E-state index in [0.717, 1.165) is 5.56 Å². The highest BCUT2D eigenvalue weighted by Gasteiger charge is 2.48. The lowest BCUT2D eigenvalue weighted by Gasteiger charge is -2.44. The van der Waals surface area contributed by atoms with E-state index in [2.05, 4.69) is 60.8 Å². The second-order valence-electron chi connectivity index (χ2n) is 10.6. The molecule has 0 aliphatic heterocycles. The fraction of sp³-hybridized carbons (Fsp3) is 0.407. The van der Waals surface area contributed by atoms with Crippen molar-refractivity contribution in [2.24, 2.45) is 0 Å². The first-order valence-electron chi connectivity index (χ1n) is 12.1. The minimum Gasteiger partial charge on any atom is -0.416 e. The molecule has 1 atom stereocenters. The van der Waals surface area contributed by atoms with Crippen LogP contribution in [0, 0.1) is 18.3 Å². The highest BCUT2D eigenvalue weighted by atomic mass is 35.5. The molecule has 10 heteroatoms. The van der Waals surface area contributed by atoms with Crippen molar-refractivity contribution in [1.82, 2.24) is 10.2 Å². The van der Waals surface area contributed by atoms with Crippen LogP contribution < -0.4 is 10.6 Å². The van der Waals surface area contributed by atoms with Gasteiger partial charge in [0, 0.05) is 30.3 Å². The normalized spacial score (nSPS) is 13.5. The molecule has 2 N–H and O–H groups in total. The third-order valence-electron chi connectivity index (χ3n) is 6.80. The van der Waals surface area contributed by atoms with Crippen LogP contribution in [0.3, 0.4) is 0 Å². The Balaban J connectivity index is 2.09. The first-order valence-corrected chi connectivity index (χ1v) is 15.4. The Kier molecular flexibility index (Phi) is 8.17. The smallest absolute Gasteiger partial charge is 0.268 e. The van der Waals surface area contributed by atoms with Crippen LogP contribution in [-0.4, -0.2) is 24.4 Å². The Bertz CT molecular complexity index is 1330. The highest BCUT2D eigenvalue weighted by molar-refractivity contribution is 6.74. The summed E-state index contributed by atoms with van der Waals surface area (Å²) in [5, 5.41) is 24.7. The van der Waals surface area contributed by atoms with Gasteiger partial charge in [-0.25, -0.2) is 0 Å². The van der Waals surface area contributed by atoms with Gasteiger partial charge in [-0.05, 0) is 67.0 Å². The third kappa shape index (κ3) is 6.04. The molecule has 2 aromatic carbocycles. The zero-order chi connectivity index (χ0) is 27.6. The molecule has 1 unspecified atom stereocenters. The average Bonchev–Trinajstić information content (AvgIpc) is 3.32. The van der Waals surface area contributed by atoms with Gasteiger partial charge >= 0.3 is 0 Å². The molecule has 8 nitrogen and oxygen atoms in total. The molecule has 1 amide bonds. The van der Waals surface area contributed by atoms with Crippen LogP contribution in [0.15, 0.2) is 40.8 Å². The molecular formula is C27H34ClN5O3Si. The summed E-state index contributed by atoms with van der Waals surface area (Å²) in [4.78, 5) is 11.3. The van der Waals surface area contributed by atoms with Crippen molar-refractivity contribution in [3.05, 3.63) is 58.4 Å². The minimum atomic E-state index is -2.36. The second-order valence-corrected chi connectivity index (χ2v) is 15.7. The molecule has 0 radical (unpaired) electrons. The maximum Gasteiger partial charge on any atom is 0.268 e. The Morgan fingerprint density at radius 3 is 2.35 bits per heavy atom. The predicted octanol–water partition coefficient (Wildman–Crippen LogP) is 7.23. The lowest BCUT2D eigenvalue weighted by atomic mass is 10.1. The van der Waals surface area contributed by atoms with E-state index in [9.17, 15) is 10.1 Å². The van der Waals surface area contributed by atoms with Crippen molar-refractivity contribution in [1.29, 1.82) is 5.26 Å². The van der Waals surface area contributed by atoms with E-state index in [1.165, 1.54) is 6.92 Å². The van der Waals surface area contributed by atoms with Gasteiger partial charge < -0.3 is 19.5 Å². The number of nitriles is 1. The third-order valence-corrected chi connectivity index (χ3v) is 11.8. The number of aromatic nitrogens is 2. The second kappa shape index (κ2) is 10.7. The van der Waals surface area contributed by atoms with Gasteiger partial charge in [0.25, 0.3) is 5.89 Å². The number of carbonyl (C=O) groups is 1. The SMILES string of the molecule is CCC(Nc1ccc(C#N)c(Cl)c1C)(O[Si](C)(C)C(C)(C)C)c1nnc(-c2ccc(NC(C)=O)cc2)o1. The minimum absolute atomic E-state index is 0.0884. The van der Waals surface area contributed by atoms with Crippen LogP contribution >= 0.6 is 11.6 Å². The maximum atomic E-state index is 11.3. The Labute approximate surface area is 224 Å². The van der Waals surface area contributed by atoms with Gasteiger partial charge in [0.05, 0.1) is 10.6 Å². The zero-order valence-electron chi connectivity index (χ0n) is 22.6. The fourth-order valence-electron chi connectivity index (χ4n) is 3.55. The number of benzene rings is 2. The molecule has 3 rings (SSSR count). The van der Waals surface area contributed by atoms with Gasteiger partial charge in [-0.2, -0.15) is 5.26 Å². The van der Waals surface area contributed by atoms with Crippen molar-refractivity contribution in [2.75, 3.05) is 10.6 Å². The largest absolute Gasteiger partial charge is 0.416 e. The standard InChI is InChI=1S/C27H34ClN5O3Si/c1-9-27(36-37(7,8)26(4,5)6,31-22-15-12-20(16-29)23(28)17(22)2)25-33-32-24(35-25)19-10-13-21(14-11-19)30-18(3)34/h10-15,31H,9H2,1-8H3,(H,30,34). The van der Waals surface area contributed by atoms with Crippen molar-refractivity contribution >= 4 is 37.2 Å². The first-order chi connectivity index (χ1) is 17.2. The van der Waals surface area contributed by atoms with E-state index < -0.39 is 14.0 Å². The summed E-state index contributed by atoms with van der Waals surface area (Å²) in [7, 11) is -2.36. The lowest BCUT2D eigenvalue weighted by Crippen LogP contribution is -2.52. The summed E-state index contributed by atoms with van der Waals surface area (Å²) in [5.41, 5.74) is 2.10. The number of hydrogen-bond donors (Lipinski definition) is 2. The number of amides is 1. The predicted molar refractivity (Wildman–Crippen MR) is 149 cm³/mol. The van der Waals surface area contributed by atoms with Crippen molar-refractivity contribution in [3.63, 3.8) is 0 Å².